The summed E-state index contributed by atoms with van der Waals surface area (Å²) in [6, 6.07) is 20.3. The Labute approximate surface area is 208 Å². The van der Waals surface area contributed by atoms with Crippen molar-refractivity contribution in [3.63, 3.8) is 0 Å². The molecule has 0 saturated carbocycles. The zero-order valence-electron chi connectivity index (χ0n) is 20.1. The molecule has 36 heavy (non-hydrogen) atoms. The minimum Gasteiger partial charge on any atom is -0.467 e. The fraction of sp³-hybridized carbons (Fsp3) is 0.179. The fourth-order valence-electron chi connectivity index (χ4n) is 3.73. The molecule has 2 heterocycles. The largest absolute Gasteiger partial charge is 0.467 e. The second-order valence-corrected chi connectivity index (χ2v) is 8.37. The van der Waals surface area contributed by atoms with E-state index in [1.165, 1.54) is 23.5 Å². The van der Waals surface area contributed by atoms with Crippen molar-refractivity contribution in [1.82, 2.24) is 10.6 Å². The van der Waals surface area contributed by atoms with Crippen LogP contribution in [0.1, 0.15) is 39.0 Å². The van der Waals surface area contributed by atoms with Gasteiger partial charge in [-0.2, -0.15) is 0 Å². The van der Waals surface area contributed by atoms with Crippen LogP contribution in [0, 0.1) is 13.8 Å². The van der Waals surface area contributed by atoms with Crippen molar-refractivity contribution < 1.29 is 23.2 Å². The smallest absolute Gasteiger partial charge is 0.287 e. The second kappa shape index (κ2) is 11.2. The second-order valence-electron chi connectivity index (χ2n) is 8.37. The highest BCUT2D eigenvalue weighted by atomic mass is 16.3. The van der Waals surface area contributed by atoms with Crippen molar-refractivity contribution >= 4 is 23.4 Å². The van der Waals surface area contributed by atoms with Gasteiger partial charge in [-0.05, 0) is 55.8 Å². The molecule has 0 aliphatic rings. The number of hydrogen-bond acceptors (Lipinski definition) is 5. The van der Waals surface area contributed by atoms with Gasteiger partial charge in [-0.25, -0.2) is 0 Å². The Balaban J connectivity index is 1.67. The highest BCUT2D eigenvalue weighted by molar-refractivity contribution is 6.04. The summed E-state index contributed by atoms with van der Waals surface area (Å²) < 4.78 is 10.4. The third-order valence-corrected chi connectivity index (χ3v) is 5.64. The average molecular weight is 486 g/mol. The number of anilines is 1. The number of aryl methyl sites for hydroxylation is 2. The molecule has 4 rings (SSSR count). The molecule has 184 valence electrons. The molecule has 8 nitrogen and oxygen atoms in total. The number of nitrogens with one attached hydrogen (secondary N) is 2. The summed E-state index contributed by atoms with van der Waals surface area (Å²) in [6.45, 7) is 3.72. The van der Waals surface area contributed by atoms with Crippen LogP contribution in [0.15, 0.2) is 94.2 Å². The summed E-state index contributed by atoms with van der Waals surface area (Å²) >= 11 is 0. The maximum Gasteiger partial charge on any atom is 0.287 e. The van der Waals surface area contributed by atoms with Crippen molar-refractivity contribution in [1.29, 1.82) is 0 Å². The molecule has 8 heteroatoms. The molecule has 1 atom stereocenters. The molecule has 0 bridgehead atoms. The molecule has 2 aromatic heterocycles. The third-order valence-electron chi connectivity index (χ3n) is 5.64. The molecule has 0 aliphatic carbocycles. The van der Waals surface area contributed by atoms with Gasteiger partial charge in [0.05, 0.1) is 25.6 Å². The van der Waals surface area contributed by atoms with Crippen LogP contribution in [-0.4, -0.2) is 24.3 Å². The molecule has 0 fully saturated rings. The van der Waals surface area contributed by atoms with Gasteiger partial charge in [-0.15, -0.1) is 0 Å². The Bertz CT molecular complexity index is 1290. The van der Waals surface area contributed by atoms with Gasteiger partial charge in [0.25, 0.3) is 5.91 Å². The Kier molecular flexibility index (Phi) is 7.65. The topological polar surface area (TPSA) is 105 Å². The van der Waals surface area contributed by atoms with Gasteiger partial charge in [0, 0.05) is 5.69 Å². The Morgan fingerprint density at radius 2 is 1.44 bits per heavy atom. The lowest BCUT2D eigenvalue weighted by molar-refractivity contribution is -0.126. The van der Waals surface area contributed by atoms with Crippen LogP contribution in [0.2, 0.25) is 0 Å². The van der Waals surface area contributed by atoms with Gasteiger partial charge in [0.15, 0.2) is 5.76 Å². The van der Waals surface area contributed by atoms with Gasteiger partial charge in [0.1, 0.15) is 11.8 Å². The van der Waals surface area contributed by atoms with E-state index in [1.807, 2.05) is 50.2 Å². The number of benzene rings is 2. The van der Waals surface area contributed by atoms with Gasteiger partial charge in [-0.1, -0.05) is 47.5 Å². The van der Waals surface area contributed by atoms with Crippen LogP contribution < -0.4 is 15.5 Å². The van der Waals surface area contributed by atoms with Gasteiger partial charge in [-0.3, -0.25) is 19.3 Å². The molecule has 0 saturated heterocycles. The quantitative estimate of drug-likeness (QED) is 0.368. The van der Waals surface area contributed by atoms with Crippen LogP contribution in [0.5, 0.6) is 0 Å². The van der Waals surface area contributed by atoms with Crippen molar-refractivity contribution in [2.75, 3.05) is 11.4 Å². The molecule has 0 aliphatic heterocycles. The average Bonchev–Trinajstić information content (AvgIpc) is 3.60. The third kappa shape index (κ3) is 5.90. The Morgan fingerprint density at radius 3 is 2.06 bits per heavy atom. The van der Waals surface area contributed by atoms with E-state index >= 15 is 0 Å². The molecule has 2 aromatic carbocycles. The first kappa shape index (κ1) is 24.5. The zero-order valence-corrected chi connectivity index (χ0v) is 20.1. The number of nitrogens with zero attached hydrogens (tertiary/aromatic N) is 1. The highest BCUT2D eigenvalue weighted by Crippen LogP contribution is 2.29. The summed E-state index contributed by atoms with van der Waals surface area (Å²) in [5.41, 5.74) is 3.18. The van der Waals surface area contributed by atoms with E-state index in [4.69, 9.17) is 8.83 Å². The molecule has 0 radical (unpaired) electrons. The highest BCUT2D eigenvalue weighted by Gasteiger charge is 2.33. The number of hydrogen-bond donors (Lipinski definition) is 2. The SMILES string of the molecule is Cc1ccc([C@H](C(=O)NCc2ccco2)N(C(=O)CNC(=O)c2ccco2)c2ccc(C)cc2)cc1. The number of furan rings is 2. The van der Waals surface area contributed by atoms with E-state index in [0.29, 0.717) is 17.0 Å². The normalized spacial score (nSPS) is 11.5. The Hall–Kier alpha value is -4.59. The number of rotatable bonds is 9. The van der Waals surface area contributed by atoms with Crippen LogP contribution >= 0.6 is 0 Å². The molecular weight excluding hydrogens is 458 g/mol. The first-order valence-electron chi connectivity index (χ1n) is 11.5. The van der Waals surface area contributed by atoms with Crippen molar-refractivity contribution in [2.45, 2.75) is 26.4 Å². The molecule has 0 unspecified atom stereocenters. The van der Waals surface area contributed by atoms with Gasteiger partial charge >= 0.3 is 0 Å². The van der Waals surface area contributed by atoms with Crippen LogP contribution in [0.3, 0.4) is 0 Å². The number of amides is 3. The zero-order chi connectivity index (χ0) is 25.5. The summed E-state index contributed by atoms with van der Waals surface area (Å²) in [5, 5.41) is 5.46. The summed E-state index contributed by atoms with van der Waals surface area (Å²) in [6.07, 6.45) is 2.91. The van der Waals surface area contributed by atoms with E-state index in [-0.39, 0.29) is 24.8 Å². The van der Waals surface area contributed by atoms with E-state index in [9.17, 15) is 14.4 Å². The van der Waals surface area contributed by atoms with Crippen molar-refractivity contribution in [3.05, 3.63) is 114 Å². The maximum atomic E-state index is 13.6. The van der Waals surface area contributed by atoms with E-state index < -0.39 is 17.9 Å². The van der Waals surface area contributed by atoms with Crippen LogP contribution in [0.25, 0.3) is 0 Å². The summed E-state index contributed by atoms with van der Waals surface area (Å²) in [4.78, 5) is 41.0. The van der Waals surface area contributed by atoms with Gasteiger partial charge < -0.3 is 19.5 Å². The van der Waals surface area contributed by atoms with E-state index in [0.717, 1.165) is 11.1 Å². The van der Waals surface area contributed by atoms with Crippen molar-refractivity contribution in [3.8, 4) is 0 Å². The fourth-order valence-corrected chi connectivity index (χ4v) is 3.73. The monoisotopic (exact) mass is 485 g/mol. The molecular formula is C28H27N3O5. The lowest BCUT2D eigenvalue weighted by Crippen LogP contribution is -2.47. The van der Waals surface area contributed by atoms with Gasteiger partial charge in [0.2, 0.25) is 11.8 Å². The van der Waals surface area contributed by atoms with Crippen LogP contribution in [0.4, 0.5) is 5.69 Å². The lowest BCUT2D eigenvalue weighted by atomic mass is 10.0. The standard InChI is InChI=1S/C28H27N3O5/c1-19-7-11-21(12-8-19)26(28(34)29-17-23-5-3-15-35-23)31(22-13-9-20(2)10-14-22)25(32)18-30-27(33)24-6-4-16-36-24/h3-16,26H,17-18H2,1-2H3,(H,29,34)(H,30,33)/t26-/m1/s1. The maximum absolute atomic E-state index is 13.6. The lowest BCUT2D eigenvalue weighted by Gasteiger charge is -2.31. The molecule has 3 amide bonds. The number of carbonyl (C=O) groups excluding carboxylic acids is 3. The summed E-state index contributed by atoms with van der Waals surface area (Å²) in [5.74, 6) is -0.689. The minimum atomic E-state index is -0.990. The minimum absolute atomic E-state index is 0.0935. The first-order chi connectivity index (χ1) is 17.4. The molecule has 4 aromatic rings. The predicted octanol–water partition coefficient (Wildman–Crippen LogP) is 4.31. The predicted molar refractivity (Wildman–Crippen MR) is 134 cm³/mol. The Morgan fingerprint density at radius 1 is 0.806 bits per heavy atom. The van der Waals surface area contributed by atoms with Crippen LogP contribution in [-0.2, 0) is 16.1 Å². The van der Waals surface area contributed by atoms with E-state index in [1.54, 1.807) is 30.3 Å². The molecule has 0 spiro atoms. The van der Waals surface area contributed by atoms with Crippen molar-refractivity contribution in [2.24, 2.45) is 0 Å². The number of carbonyl (C=O) groups is 3. The van der Waals surface area contributed by atoms with E-state index in [2.05, 4.69) is 10.6 Å². The molecule has 2 N–H and O–H groups in total. The summed E-state index contributed by atoms with van der Waals surface area (Å²) in [7, 11) is 0. The first-order valence-corrected chi connectivity index (χ1v) is 11.5.